The van der Waals surface area contributed by atoms with Crippen LogP contribution in [0.2, 0.25) is 0 Å². The molecule has 21 heavy (non-hydrogen) atoms. The summed E-state index contributed by atoms with van der Waals surface area (Å²) in [5.41, 5.74) is 8.19. The van der Waals surface area contributed by atoms with Gasteiger partial charge in [0.25, 0.3) is 0 Å². The van der Waals surface area contributed by atoms with E-state index >= 15 is 0 Å². The minimum absolute atomic E-state index is 0.158. The Bertz CT molecular complexity index is 661. The van der Waals surface area contributed by atoms with Crippen LogP contribution in [-0.4, -0.2) is 13.2 Å². The highest BCUT2D eigenvalue weighted by atomic mass is 79.9. The van der Waals surface area contributed by atoms with E-state index in [2.05, 4.69) is 22.0 Å². The smallest absolute Gasteiger partial charge is 0.124 e. The van der Waals surface area contributed by atoms with Crippen molar-refractivity contribution in [3.8, 4) is 5.75 Å². The SMILES string of the molecule is NCC1(Cc2ccc(F)cc2Br)CCOc2ccccc21. The standard InChI is InChI=1S/C17H17BrFNO/c18-15-9-13(19)6-5-12(15)10-17(11-20)7-8-21-16-4-2-1-3-14(16)17/h1-6,9H,7-8,10-11,20H2. The van der Waals surface area contributed by atoms with Crippen molar-refractivity contribution in [3.63, 3.8) is 0 Å². The zero-order valence-electron chi connectivity index (χ0n) is 11.6. The Morgan fingerprint density at radius 2 is 2.05 bits per heavy atom. The van der Waals surface area contributed by atoms with Gasteiger partial charge in [-0.15, -0.1) is 0 Å². The van der Waals surface area contributed by atoms with Crippen molar-refractivity contribution in [3.05, 3.63) is 63.9 Å². The van der Waals surface area contributed by atoms with Gasteiger partial charge in [0.1, 0.15) is 11.6 Å². The van der Waals surface area contributed by atoms with Gasteiger partial charge in [0, 0.05) is 22.0 Å². The summed E-state index contributed by atoms with van der Waals surface area (Å²) in [4.78, 5) is 0. The molecule has 0 spiro atoms. The van der Waals surface area contributed by atoms with Crippen molar-refractivity contribution in [1.82, 2.24) is 0 Å². The highest BCUT2D eigenvalue weighted by molar-refractivity contribution is 9.10. The fourth-order valence-electron chi connectivity index (χ4n) is 3.02. The summed E-state index contributed by atoms with van der Waals surface area (Å²) in [6, 6.07) is 12.9. The molecule has 1 unspecified atom stereocenters. The molecule has 1 aliphatic rings. The van der Waals surface area contributed by atoms with Crippen LogP contribution in [0, 0.1) is 5.82 Å². The third-order valence-corrected chi connectivity index (χ3v) is 4.97. The van der Waals surface area contributed by atoms with Crippen LogP contribution in [0.1, 0.15) is 17.5 Å². The van der Waals surface area contributed by atoms with Crippen molar-refractivity contribution in [2.75, 3.05) is 13.2 Å². The van der Waals surface area contributed by atoms with Gasteiger partial charge >= 0.3 is 0 Å². The van der Waals surface area contributed by atoms with Gasteiger partial charge in [-0.1, -0.05) is 40.2 Å². The average Bonchev–Trinajstić information content (AvgIpc) is 2.50. The van der Waals surface area contributed by atoms with E-state index in [9.17, 15) is 4.39 Å². The lowest BCUT2D eigenvalue weighted by atomic mass is 9.72. The first-order valence-corrected chi connectivity index (χ1v) is 7.80. The molecule has 4 heteroatoms. The molecule has 0 radical (unpaired) electrons. The molecule has 110 valence electrons. The van der Waals surface area contributed by atoms with Crippen molar-refractivity contribution >= 4 is 15.9 Å². The van der Waals surface area contributed by atoms with Crippen LogP contribution in [0.5, 0.6) is 5.75 Å². The summed E-state index contributed by atoms with van der Waals surface area (Å²) in [6.07, 6.45) is 1.63. The van der Waals surface area contributed by atoms with Gasteiger partial charge in [0.2, 0.25) is 0 Å². The summed E-state index contributed by atoms with van der Waals surface area (Å²) >= 11 is 3.46. The van der Waals surface area contributed by atoms with Gasteiger partial charge in [0.15, 0.2) is 0 Å². The lowest BCUT2D eigenvalue weighted by Crippen LogP contribution is -2.41. The summed E-state index contributed by atoms with van der Waals surface area (Å²) in [7, 11) is 0. The quantitative estimate of drug-likeness (QED) is 0.914. The molecule has 1 aliphatic heterocycles. The van der Waals surface area contributed by atoms with Crippen molar-refractivity contribution in [2.24, 2.45) is 5.73 Å². The average molecular weight is 350 g/mol. The largest absolute Gasteiger partial charge is 0.493 e. The van der Waals surface area contributed by atoms with E-state index in [1.54, 1.807) is 0 Å². The van der Waals surface area contributed by atoms with Gasteiger partial charge in [-0.3, -0.25) is 0 Å². The van der Waals surface area contributed by atoms with Crippen molar-refractivity contribution in [2.45, 2.75) is 18.3 Å². The monoisotopic (exact) mass is 349 g/mol. The molecular weight excluding hydrogens is 333 g/mol. The van der Waals surface area contributed by atoms with Gasteiger partial charge < -0.3 is 10.5 Å². The maximum absolute atomic E-state index is 13.3. The lowest BCUT2D eigenvalue weighted by Gasteiger charge is -2.38. The van der Waals surface area contributed by atoms with Crippen LogP contribution in [0.25, 0.3) is 0 Å². The Morgan fingerprint density at radius 1 is 1.24 bits per heavy atom. The Labute approximate surface area is 132 Å². The third-order valence-electron chi connectivity index (χ3n) is 4.23. The maximum atomic E-state index is 13.3. The first-order chi connectivity index (χ1) is 10.1. The van der Waals surface area contributed by atoms with E-state index in [1.165, 1.54) is 12.1 Å². The van der Waals surface area contributed by atoms with Crippen molar-refractivity contribution in [1.29, 1.82) is 0 Å². The van der Waals surface area contributed by atoms with Crippen LogP contribution in [0.3, 0.4) is 0 Å². The predicted molar refractivity (Wildman–Crippen MR) is 85.1 cm³/mol. The normalized spacial score (nSPS) is 20.7. The van der Waals surface area contributed by atoms with E-state index < -0.39 is 0 Å². The molecule has 2 nitrogen and oxygen atoms in total. The first-order valence-electron chi connectivity index (χ1n) is 7.01. The maximum Gasteiger partial charge on any atom is 0.124 e. The van der Waals surface area contributed by atoms with E-state index in [-0.39, 0.29) is 11.2 Å². The molecular formula is C17H17BrFNO. The van der Waals surface area contributed by atoms with Gasteiger partial charge in [-0.2, -0.15) is 0 Å². The molecule has 0 aromatic heterocycles. The topological polar surface area (TPSA) is 35.2 Å². The Kier molecular flexibility index (Phi) is 4.00. The van der Waals surface area contributed by atoms with Crippen LogP contribution >= 0.6 is 15.9 Å². The summed E-state index contributed by atoms with van der Waals surface area (Å²) in [5.74, 6) is 0.673. The molecule has 0 aliphatic carbocycles. The molecule has 0 amide bonds. The minimum Gasteiger partial charge on any atom is -0.493 e. The van der Waals surface area contributed by atoms with Gasteiger partial charge in [-0.05, 0) is 36.6 Å². The number of benzene rings is 2. The van der Waals surface area contributed by atoms with Gasteiger partial charge in [-0.25, -0.2) is 4.39 Å². The highest BCUT2D eigenvalue weighted by Gasteiger charge is 2.37. The Hall–Kier alpha value is -1.39. The molecule has 2 aromatic rings. The number of rotatable bonds is 3. The highest BCUT2D eigenvalue weighted by Crippen LogP contribution is 2.41. The summed E-state index contributed by atoms with van der Waals surface area (Å²) in [6.45, 7) is 1.20. The molecule has 1 atom stereocenters. The predicted octanol–water partition coefficient (Wildman–Crippen LogP) is 3.81. The molecule has 1 heterocycles. The number of para-hydroxylation sites is 1. The lowest BCUT2D eigenvalue weighted by molar-refractivity contribution is 0.215. The van der Waals surface area contributed by atoms with E-state index in [0.717, 1.165) is 34.2 Å². The molecule has 0 bridgehead atoms. The number of hydrogen-bond donors (Lipinski definition) is 1. The fourth-order valence-corrected chi connectivity index (χ4v) is 3.51. The molecule has 2 N–H and O–H groups in total. The second-order valence-corrected chi connectivity index (χ2v) is 6.35. The number of halogens is 2. The minimum atomic E-state index is -0.236. The third kappa shape index (κ3) is 2.70. The zero-order valence-corrected chi connectivity index (χ0v) is 13.2. The Morgan fingerprint density at radius 3 is 2.81 bits per heavy atom. The zero-order chi connectivity index (χ0) is 14.9. The van der Waals surface area contributed by atoms with Crippen LogP contribution in [0.15, 0.2) is 46.9 Å². The number of hydrogen-bond acceptors (Lipinski definition) is 2. The van der Waals surface area contributed by atoms with Crippen molar-refractivity contribution < 1.29 is 9.13 Å². The van der Waals surface area contributed by atoms with E-state index in [1.807, 2.05) is 24.3 Å². The second-order valence-electron chi connectivity index (χ2n) is 5.49. The number of ether oxygens (including phenoxy) is 1. The van der Waals surface area contributed by atoms with Crippen LogP contribution < -0.4 is 10.5 Å². The summed E-state index contributed by atoms with van der Waals surface area (Å²) < 4.78 is 19.8. The molecule has 0 fully saturated rings. The number of fused-ring (bicyclic) bond motifs is 1. The van der Waals surface area contributed by atoms with Crippen LogP contribution in [-0.2, 0) is 11.8 Å². The number of nitrogens with two attached hydrogens (primary N) is 1. The van der Waals surface area contributed by atoms with Crippen LogP contribution in [0.4, 0.5) is 4.39 Å². The van der Waals surface area contributed by atoms with E-state index in [0.29, 0.717) is 13.2 Å². The first kappa shape index (κ1) is 14.5. The fraction of sp³-hybridized carbons (Fsp3) is 0.294. The van der Waals surface area contributed by atoms with Gasteiger partial charge in [0.05, 0.1) is 6.61 Å². The molecule has 0 saturated carbocycles. The van der Waals surface area contributed by atoms with E-state index in [4.69, 9.17) is 10.5 Å². The molecule has 0 saturated heterocycles. The second kappa shape index (κ2) is 5.78. The molecule has 3 rings (SSSR count). The Balaban J connectivity index is 2.02. The summed E-state index contributed by atoms with van der Waals surface area (Å²) in [5, 5.41) is 0. The molecule has 2 aromatic carbocycles.